The highest BCUT2D eigenvalue weighted by atomic mass is 28.4. The van der Waals surface area contributed by atoms with Crippen molar-refractivity contribution in [3.8, 4) is 0 Å². The molecule has 6 heteroatoms. The number of hydrogen-bond donors (Lipinski definition) is 1. The van der Waals surface area contributed by atoms with Crippen molar-refractivity contribution in [3.63, 3.8) is 0 Å². The summed E-state index contributed by atoms with van der Waals surface area (Å²) in [6, 6.07) is 0. The van der Waals surface area contributed by atoms with Crippen LogP contribution in [0.3, 0.4) is 0 Å². The fourth-order valence-electron chi connectivity index (χ4n) is 3.70. The van der Waals surface area contributed by atoms with E-state index in [9.17, 15) is 9.59 Å². The summed E-state index contributed by atoms with van der Waals surface area (Å²) in [5.41, 5.74) is 0. The summed E-state index contributed by atoms with van der Waals surface area (Å²) in [6.45, 7) is 11.1. The lowest BCUT2D eigenvalue weighted by atomic mass is 9.85. The van der Waals surface area contributed by atoms with Crippen molar-refractivity contribution in [3.05, 3.63) is 0 Å². The molecule has 2 saturated heterocycles. The second-order valence-electron chi connectivity index (χ2n) is 9.29. The summed E-state index contributed by atoms with van der Waals surface area (Å²) in [5, 5.41) is -0.0621. The molecular formula is C20H38O5Si. The number of carbonyl (C=O) groups is 1. The molecule has 2 rings (SSSR count). The molecule has 0 radical (unpaired) electrons. The molecule has 2 aliphatic rings. The largest absolute Gasteiger partial charge is 0.463 e. The fourth-order valence-corrected chi connectivity index (χ4v) is 4.46. The second kappa shape index (κ2) is 9.17. The van der Waals surface area contributed by atoms with Gasteiger partial charge in [0.05, 0.1) is 6.10 Å². The molecule has 2 heterocycles. The van der Waals surface area contributed by atoms with Crippen molar-refractivity contribution < 1.29 is 23.8 Å². The maximum absolute atomic E-state index is 11.9. The first-order chi connectivity index (χ1) is 12.1. The lowest BCUT2D eigenvalue weighted by molar-refractivity contribution is -0.208. The van der Waals surface area contributed by atoms with E-state index in [-0.39, 0.29) is 29.5 Å². The number of esters is 1. The molecule has 0 bridgehead atoms. The molecular weight excluding hydrogens is 348 g/mol. The normalized spacial score (nSPS) is 31.8. The van der Waals surface area contributed by atoms with E-state index >= 15 is 0 Å². The van der Waals surface area contributed by atoms with Crippen LogP contribution in [0, 0.1) is 5.92 Å². The predicted octanol–water partition coefficient (Wildman–Crippen LogP) is 4.39. The van der Waals surface area contributed by atoms with E-state index in [0.29, 0.717) is 12.3 Å². The van der Waals surface area contributed by atoms with Crippen LogP contribution in [0.15, 0.2) is 0 Å². The van der Waals surface area contributed by atoms with Gasteiger partial charge in [0, 0.05) is 19.4 Å². The Hall–Kier alpha value is -0.433. The minimum Gasteiger partial charge on any atom is -0.463 e. The van der Waals surface area contributed by atoms with E-state index in [2.05, 4.69) is 13.8 Å². The maximum Gasteiger partial charge on any atom is 0.306 e. The highest BCUT2D eigenvalue weighted by Gasteiger charge is 2.39. The lowest BCUT2D eigenvalue weighted by Crippen LogP contribution is -2.41. The highest BCUT2D eigenvalue weighted by Crippen LogP contribution is 2.42. The first-order valence-corrected chi connectivity index (χ1v) is 13.2. The molecule has 0 spiro atoms. The lowest BCUT2D eigenvalue weighted by Gasteiger charge is -2.39. The first kappa shape index (κ1) is 21.9. The molecule has 1 unspecified atom stereocenters. The molecule has 26 heavy (non-hydrogen) atoms. The molecule has 2 fully saturated rings. The van der Waals surface area contributed by atoms with Crippen LogP contribution in [-0.4, -0.2) is 44.2 Å². The van der Waals surface area contributed by atoms with E-state index in [4.69, 9.17) is 14.2 Å². The van der Waals surface area contributed by atoms with Gasteiger partial charge in [0.15, 0.2) is 14.6 Å². The van der Waals surface area contributed by atoms with Crippen LogP contribution >= 0.6 is 0 Å². The van der Waals surface area contributed by atoms with E-state index in [1.165, 1.54) is 0 Å². The van der Waals surface area contributed by atoms with Gasteiger partial charge in [-0.25, -0.2) is 0 Å². The molecule has 152 valence electrons. The van der Waals surface area contributed by atoms with E-state index < -0.39 is 8.32 Å². The van der Waals surface area contributed by atoms with Gasteiger partial charge in [0.25, 0.3) is 0 Å². The Bertz CT molecular complexity index is 454. The second-order valence-corrected chi connectivity index (χ2v) is 13.8. The fraction of sp³-hybridized carbons (Fsp3) is 0.950. The topological polar surface area (TPSA) is 65.0 Å². The minimum atomic E-state index is -2.24. The van der Waals surface area contributed by atoms with Gasteiger partial charge in [-0.1, -0.05) is 13.8 Å². The molecule has 2 aliphatic heterocycles. The van der Waals surface area contributed by atoms with Gasteiger partial charge < -0.3 is 19.0 Å². The van der Waals surface area contributed by atoms with Gasteiger partial charge in [-0.15, -0.1) is 0 Å². The Morgan fingerprint density at radius 2 is 2.00 bits per heavy atom. The molecule has 0 aromatic heterocycles. The Kier molecular flexibility index (Phi) is 7.71. The smallest absolute Gasteiger partial charge is 0.306 e. The molecule has 0 aliphatic carbocycles. The van der Waals surface area contributed by atoms with Crippen LogP contribution in [0.5, 0.6) is 0 Å². The first-order valence-electron chi connectivity index (χ1n) is 10.3. The number of ether oxygens (including phenoxy) is 3. The van der Waals surface area contributed by atoms with Crippen molar-refractivity contribution >= 4 is 14.3 Å². The summed E-state index contributed by atoms with van der Waals surface area (Å²) < 4.78 is 17.6. The molecule has 5 nitrogen and oxygen atoms in total. The van der Waals surface area contributed by atoms with Crippen molar-refractivity contribution in [2.24, 2.45) is 5.92 Å². The van der Waals surface area contributed by atoms with Gasteiger partial charge in [0.2, 0.25) is 0 Å². The standard InChI is InChI=1S/C20H38O5Si/c1-15-14-17(25-19-8-6-7-13-23-19)16(9-10-18(21)24-15)11-12-20(2,3)26(4,5)22/h15-17,19,22H,6-14H2,1-5H3/t15-,16+,17-,19?/m1/s1. The number of carbonyl (C=O) groups excluding carboxylic acids is 1. The zero-order chi connectivity index (χ0) is 19.4. The van der Waals surface area contributed by atoms with Crippen molar-refractivity contribution in [2.75, 3.05) is 6.61 Å². The summed E-state index contributed by atoms with van der Waals surface area (Å²) >= 11 is 0. The average Bonchev–Trinajstić information content (AvgIpc) is 2.53. The summed E-state index contributed by atoms with van der Waals surface area (Å²) in [5.74, 6) is 0.192. The average molecular weight is 387 g/mol. The van der Waals surface area contributed by atoms with Gasteiger partial charge in [-0.05, 0) is 69.5 Å². The Labute approximate surface area is 159 Å². The van der Waals surface area contributed by atoms with Crippen molar-refractivity contribution in [1.29, 1.82) is 0 Å². The molecule has 0 saturated carbocycles. The van der Waals surface area contributed by atoms with Gasteiger partial charge >= 0.3 is 5.97 Å². The van der Waals surface area contributed by atoms with Crippen molar-refractivity contribution in [2.45, 2.75) is 109 Å². The van der Waals surface area contributed by atoms with Crippen LogP contribution in [0.2, 0.25) is 18.1 Å². The van der Waals surface area contributed by atoms with E-state index in [1.807, 2.05) is 20.0 Å². The Balaban J connectivity index is 2.05. The van der Waals surface area contributed by atoms with E-state index in [1.54, 1.807) is 0 Å². The van der Waals surface area contributed by atoms with Crippen LogP contribution in [-0.2, 0) is 19.0 Å². The molecule has 0 aromatic rings. The molecule has 4 atom stereocenters. The van der Waals surface area contributed by atoms with Crippen molar-refractivity contribution in [1.82, 2.24) is 0 Å². The minimum absolute atomic E-state index is 0.0421. The van der Waals surface area contributed by atoms with E-state index in [0.717, 1.165) is 51.6 Å². The molecule has 0 aromatic carbocycles. The monoisotopic (exact) mass is 386 g/mol. The third-order valence-corrected chi connectivity index (χ3v) is 9.97. The number of rotatable bonds is 6. The van der Waals surface area contributed by atoms with Crippen LogP contribution in [0.1, 0.15) is 72.1 Å². The quantitative estimate of drug-likeness (QED) is 0.542. The number of hydrogen-bond acceptors (Lipinski definition) is 5. The third-order valence-electron chi connectivity index (χ3n) is 6.40. The van der Waals surface area contributed by atoms with Crippen LogP contribution in [0.4, 0.5) is 0 Å². The molecule has 0 amide bonds. The highest BCUT2D eigenvalue weighted by molar-refractivity contribution is 6.72. The number of cyclic esters (lactones) is 1. The third kappa shape index (κ3) is 6.32. The molecule has 1 N–H and O–H groups in total. The Morgan fingerprint density at radius 3 is 2.62 bits per heavy atom. The van der Waals surface area contributed by atoms with Gasteiger partial charge in [-0.3, -0.25) is 4.79 Å². The summed E-state index contributed by atoms with van der Waals surface area (Å²) in [6.07, 6.45) is 6.83. The SMILES string of the molecule is C[C@@H]1C[C@@H](OC2CCCCO2)[C@H](CCC(C)(C)[Si](C)(C)O)CCC(=O)O1. The summed E-state index contributed by atoms with van der Waals surface area (Å²) in [7, 11) is -2.24. The van der Waals surface area contributed by atoms with Gasteiger partial charge in [-0.2, -0.15) is 0 Å². The maximum atomic E-state index is 11.9. The summed E-state index contributed by atoms with van der Waals surface area (Å²) in [4.78, 5) is 22.5. The predicted molar refractivity (Wildman–Crippen MR) is 104 cm³/mol. The Morgan fingerprint density at radius 1 is 1.27 bits per heavy atom. The zero-order valence-corrected chi connectivity index (χ0v) is 18.3. The van der Waals surface area contributed by atoms with Crippen LogP contribution in [0.25, 0.3) is 0 Å². The zero-order valence-electron chi connectivity index (χ0n) is 17.3. The van der Waals surface area contributed by atoms with Gasteiger partial charge in [0.1, 0.15) is 6.10 Å². The van der Waals surface area contributed by atoms with Crippen LogP contribution < -0.4 is 0 Å².